The van der Waals surface area contributed by atoms with Crippen LogP contribution in [-0.4, -0.2) is 33.2 Å². The zero-order valence-electron chi connectivity index (χ0n) is 16.8. The molecule has 1 aromatic carbocycles. The van der Waals surface area contributed by atoms with Crippen molar-refractivity contribution in [1.29, 1.82) is 0 Å². The molecule has 0 bridgehead atoms. The molecule has 156 valence electrons. The second-order valence-corrected chi connectivity index (χ2v) is 8.55. The summed E-state index contributed by atoms with van der Waals surface area (Å²) in [6.07, 6.45) is 3.23. The first-order chi connectivity index (χ1) is 14.9. The van der Waals surface area contributed by atoms with E-state index in [1.54, 1.807) is 35.2 Å². The van der Waals surface area contributed by atoms with E-state index in [1.165, 1.54) is 25.1 Å². The lowest BCUT2D eigenvalue weighted by atomic mass is 10.1. The SMILES string of the molecule is COC(=O)c1ccc(-c2ccc(/C=C3\SC(=S)N(Cc4ccc(C)cc4)C3=O)o2)cn1. The number of hydrogen-bond acceptors (Lipinski definition) is 7. The summed E-state index contributed by atoms with van der Waals surface area (Å²) >= 11 is 6.67. The van der Waals surface area contributed by atoms with Crippen molar-refractivity contribution in [3.8, 4) is 11.3 Å². The number of carbonyl (C=O) groups is 2. The first-order valence-corrected chi connectivity index (χ1v) is 10.6. The number of amides is 1. The maximum absolute atomic E-state index is 12.9. The molecule has 31 heavy (non-hydrogen) atoms. The first kappa shape index (κ1) is 21.0. The summed E-state index contributed by atoms with van der Waals surface area (Å²) in [6.45, 7) is 2.46. The van der Waals surface area contributed by atoms with Crippen molar-refractivity contribution in [1.82, 2.24) is 9.88 Å². The third-order valence-corrected chi connectivity index (χ3v) is 6.06. The fourth-order valence-electron chi connectivity index (χ4n) is 2.99. The zero-order chi connectivity index (χ0) is 22.0. The fourth-order valence-corrected chi connectivity index (χ4v) is 4.23. The molecule has 0 N–H and O–H groups in total. The van der Waals surface area contributed by atoms with Crippen LogP contribution in [0.3, 0.4) is 0 Å². The van der Waals surface area contributed by atoms with E-state index in [1.807, 2.05) is 31.2 Å². The van der Waals surface area contributed by atoms with E-state index in [-0.39, 0.29) is 11.6 Å². The molecule has 0 atom stereocenters. The van der Waals surface area contributed by atoms with Gasteiger partial charge >= 0.3 is 5.97 Å². The normalized spacial score (nSPS) is 15.0. The summed E-state index contributed by atoms with van der Waals surface area (Å²) in [7, 11) is 1.31. The number of esters is 1. The van der Waals surface area contributed by atoms with Crippen molar-refractivity contribution in [2.24, 2.45) is 0 Å². The Kier molecular flexibility index (Phi) is 6.01. The number of rotatable bonds is 5. The highest BCUT2D eigenvalue weighted by atomic mass is 32.2. The molecule has 2 aromatic heterocycles. The fraction of sp³-hybridized carbons (Fsp3) is 0.130. The summed E-state index contributed by atoms with van der Waals surface area (Å²) in [5, 5.41) is 0. The van der Waals surface area contributed by atoms with Crippen LogP contribution in [0.4, 0.5) is 0 Å². The van der Waals surface area contributed by atoms with Crippen molar-refractivity contribution in [3.05, 3.63) is 82.2 Å². The predicted molar refractivity (Wildman–Crippen MR) is 123 cm³/mol. The number of pyridine rings is 1. The van der Waals surface area contributed by atoms with E-state index in [2.05, 4.69) is 9.72 Å². The molecule has 4 rings (SSSR count). The predicted octanol–water partition coefficient (Wildman–Crippen LogP) is 4.84. The molecule has 6 nitrogen and oxygen atoms in total. The minimum atomic E-state index is -0.501. The Labute approximate surface area is 188 Å². The Hall–Kier alpha value is -3.23. The molecule has 0 unspecified atom stereocenters. The molecule has 1 aliphatic heterocycles. The van der Waals surface area contributed by atoms with Gasteiger partial charge in [-0.25, -0.2) is 9.78 Å². The Bertz CT molecular complexity index is 1180. The van der Waals surface area contributed by atoms with Crippen LogP contribution in [0.15, 0.2) is 64.1 Å². The van der Waals surface area contributed by atoms with Crippen molar-refractivity contribution in [2.45, 2.75) is 13.5 Å². The van der Waals surface area contributed by atoms with Crippen molar-refractivity contribution < 1.29 is 18.7 Å². The Balaban J connectivity index is 1.50. The molecule has 1 aliphatic rings. The van der Waals surface area contributed by atoms with Gasteiger partial charge in [0.25, 0.3) is 5.91 Å². The van der Waals surface area contributed by atoms with E-state index in [9.17, 15) is 9.59 Å². The molecule has 1 fully saturated rings. The van der Waals surface area contributed by atoms with E-state index in [4.69, 9.17) is 16.6 Å². The number of furan rings is 1. The molecule has 8 heteroatoms. The monoisotopic (exact) mass is 450 g/mol. The number of aryl methyl sites for hydroxylation is 1. The quantitative estimate of drug-likeness (QED) is 0.313. The van der Waals surface area contributed by atoms with Gasteiger partial charge in [-0.3, -0.25) is 9.69 Å². The first-order valence-electron chi connectivity index (χ1n) is 9.40. The molecule has 0 radical (unpaired) electrons. The van der Waals surface area contributed by atoms with Gasteiger partial charge in [-0.1, -0.05) is 53.8 Å². The maximum atomic E-state index is 12.9. The molecule has 0 aliphatic carbocycles. The summed E-state index contributed by atoms with van der Waals surface area (Å²) in [6, 6.07) is 14.9. The molecule has 3 aromatic rings. The second-order valence-electron chi connectivity index (χ2n) is 6.88. The minimum Gasteiger partial charge on any atom is -0.464 e. The van der Waals surface area contributed by atoms with Gasteiger partial charge in [0, 0.05) is 17.8 Å². The van der Waals surface area contributed by atoms with Crippen LogP contribution in [0.2, 0.25) is 0 Å². The van der Waals surface area contributed by atoms with Gasteiger partial charge < -0.3 is 9.15 Å². The van der Waals surface area contributed by atoms with Crippen molar-refractivity contribution in [3.63, 3.8) is 0 Å². The van der Waals surface area contributed by atoms with E-state index in [0.29, 0.717) is 32.9 Å². The summed E-state index contributed by atoms with van der Waals surface area (Å²) in [5.74, 6) is 0.463. The molecular formula is C23H18N2O4S2. The van der Waals surface area contributed by atoms with Gasteiger partial charge in [-0.15, -0.1) is 0 Å². The average molecular weight is 451 g/mol. The Morgan fingerprint density at radius 2 is 1.97 bits per heavy atom. The average Bonchev–Trinajstić information content (AvgIpc) is 3.35. The van der Waals surface area contributed by atoms with E-state index in [0.717, 1.165) is 11.1 Å². The smallest absolute Gasteiger partial charge is 0.356 e. The number of thioether (sulfide) groups is 1. The van der Waals surface area contributed by atoms with Crippen LogP contribution in [0.1, 0.15) is 27.4 Å². The zero-order valence-corrected chi connectivity index (χ0v) is 18.5. The number of benzene rings is 1. The maximum Gasteiger partial charge on any atom is 0.356 e. The number of thiocarbonyl (C=S) groups is 1. The number of hydrogen-bond donors (Lipinski definition) is 0. The van der Waals surface area contributed by atoms with Crippen LogP contribution in [0, 0.1) is 6.92 Å². The van der Waals surface area contributed by atoms with E-state index < -0.39 is 5.97 Å². The highest BCUT2D eigenvalue weighted by Crippen LogP contribution is 2.34. The molecular weight excluding hydrogens is 432 g/mol. The number of aromatic nitrogens is 1. The summed E-state index contributed by atoms with van der Waals surface area (Å²) in [5.41, 5.74) is 3.11. The molecule has 1 saturated heterocycles. The van der Waals surface area contributed by atoms with Gasteiger partial charge in [0.05, 0.1) is 18.6 Å². The standard InChI is InChI=1S/C23H18N2O4S2/c1-14-3-5-15(6-4-14)13-25-21(26)20(31-23(25)30)11-17-8-10-19(29-17)16-7-9-18(24-12-16)22(27)28-2/h3-12H,13H2,1-2H3/b20-11-. The highest BCUT2D eigenvalue weighted by Gasteiger charge is 2.32. The topological polar surface area (TPSA) is 72.6 Å². The largest absolute Gasteiger partial charge is 0.464 e. The Morgan fingerprint density at radius 3 is 2.65 bits per heavy atom. The number of methoxy groups -OCH3 is 1. The van der Waals surface area contributed by atoms with E-state index >= 15 is 0 Å². The number of nitrogens with zero attached hydrogens (tertiary/aromatic N) is 2. The van der Waals surface area contributed by atoms with Crippen LogP contribution in [0.5, 0.6) is 0 Å². The lowest BCUT2D eigenvalue weighted by Gasteiger charge is -2.14. The molecule has 0 saturated carbocycles. The third kappa shape index (κ3) is 4.60. The minimum absolute atomic E-state index is 0.141. The lowest BCUT2D eigenvalue weighted by Crippen LogP contribution is -2.27. The molecule has 0 spiro atoms. The van der Waals surface area contributed by atoms with Gasteiger partial charge in [0.2, 0.25) is 0 Å². The van der Waals surface area contributed by atoms with Crippen LogP contribution in [-0.2, 0) is 16.1 Å². The van der Waals surface area contributed by atoms with Gasteiger partial charge in [-0.05, 0) is 36.8 Å². The summed E-state index contributed by atoms with van der Waals surface area (Å²) in [4.78, 5) is 30.5. The van der Waals surface area contributed by atoms with Crippen LogP contribution < -0.4 is 0 Å². The molecule has 3 heterocycles. The summed E-state index contributed by atoms with van der Waals surface area (Å²) < 4.78 is 11.0. The number of ether oxygens (including phenoxy) is 1. The number of carbonyl (C=O) groups excluding carboxylic acids is 2. The molecule has 1 amide bonds. The van der Waals surface area contributed by atoms with Crippen LogP contribution >= 0.6 is 24.0 Å². The van der Waals surface area contributed by atoms with Crippen LogP contribution in [0.25, 0.3) is 17.4 Å². The third-order valence-electron chi connectivity index (χ3n) is 4.68. The highest BCUT2D eigenvalue weighted by molar-refractivity contribution is 8.26. The van der Waals surface area contributed by atoms with Gasteiger partial charge in [0.1, 0.15) is 21.5 Å². The van der Waals surface area contributed by atoms with Gasteiger partial charge in [-0.2, -0.15) is 0 Å². The Morgan fingerprint density at radius 1 is 1.19 bits per heavy atom. The lowest BCUT2D eigenvalue weighted by molar-refractivity contribution is -0.122. The van der Waals surface area contributed by atoms with Gasteiger partial charge in [0.15, 0.2) is 0 Å². The second kappa shape index (κ2) is 8.87. The van der Waals surface area contributed by atoms with Crippen molar-refractivity contribution in [2.75, 3.05) is 7.11 Å². The van der Waals surface area contributed by atoms with Crippen molar-refractivity contribution >= 4 is 46.3 Å².